The maximum atomic E-state index is 11.0. The number of fused-ring (bicyclic) bond motifs is 22. The minimum absolute atomic E-state index is 0.0542. The zero-order valence-corrected chi connectivity index (χ0v) is 74.1. The third-order valence-electron chi connectivity index (χ3n) is 27.7. The minimum atomic E-state index is -1.10. The van der Waals surface area contributed by atoms with E-state index in [-0.39, 0.29) is 55.0 Å². The zero-order chi connectivity index (χ0) is 118. The van der Waals surface area contributed by atoms with Crippen molar-refractivity contribution in [2.24, 2.45) is 0 Å². The van der Waals surface area contributed by atoms with E-state index in [1.54, 1.807) is 12.1 Å². The molecule has 0 unspecified atom stereocenters. The van der Waals surface area contributed by atoms with Crippen LogP contribution in [0.5, 0.6) is 0 Å². The van der Waals surface area contributed by atoms with Crippen molar-refractivity contribution in [1.82, 2.24) is 18.3 Å². The van der Waals surface area contributed by atoms with E-state index in [0.29, 0.717) is 133 Å². The standard InChI is InChI=1S/C130H85BN6O2/c1-130(2,3)88-72-119-125-120(73-88)137(127-102(85-38-14-7-15-39-85)79-104(129-124(127)100-47-23-31-55-122(100)139-129)87-62-58-83(59-63-87)81-34-10-5-11-35-81)118-77-92(135-114-53-29-21-45-98(114)106-75-90(67-71-116(106)135)133-111-50-26-18-42-95(111)96-43-19-27-51-112(96)133)65-69-108(118)131(125)107-68-64-91(134-113-52-28-20-44-97(113)105-74-89(66-70-115(105)134)132-109-48-24-16-40-93(109)94-41-17-25-49-110(94)132)76-117(107)136(119)126-101(84-36-12-6-13-37-84)78-103(128-123(126)99-46-22-30-54-121(99)138-128)86-60-56-82(57-61-86)80-32-8-4-9-33-80/h4-79H,1-3H3/i16D,17D,18D,19D,20D,21D,24D,25D,26D,27D,28D,29D,40D,41D,42D,43D,44D,45D,48D,49D,50D,51D,52D,53D,66D,67D,70D,71D,74D,75D. The van der Waals surface area contributed by atoms with Gasteiger partial charge in [0.1, 0.15) is 22.3 Å². The average molecular weight is 1800 g/mol. The van der Waals surface area contributed by atoms with Gasteiger partial charge in [-0.05, 0) is 205 Å². The maximum Gasteiger partial charge on any atom is 0.252 e. The summed E-state index contributed by atoms with van der Waals surface area (Å²) in [4.78, 5) is 4.38. The molecule has 0 saturated carbocycles. The predicted molar refractivity (Wildman–Crippen MR) is 584 cm³/mol. The fourth-order valence-corrected chi connectivity index (χ4v) is 21.5. The molecule has 8 heterocycles. The summed E-state index contributed by atoms with van der Waals surface area (Å²) in [5.74, 6) is 0. The highest BCUT2D eigenvalue weighted by Crippen LogP contribution is 2.58. The van der Waals surface area contributed by atoms with Crippen LogP contribution >= 0.6 is 0 Å². The van der Waals surface area contributed by atoms with Crippen LogP contribution in [0.15, 0.2) is 469 Å². The first kappa shape index (κ1) is 54.4. The first-order valence-electron chi connectivity index (χ1n) is 60.7. The van der Waals surface area contributed by atoms with E-state index >= 15 is 0 Å². The van der Waals surface area contributed by atoms with E-state index in [1.807, 2.05) is 194 Å². The Kier molecular flexibility index (Phi) is 11.9. The van der Waals surface area contributed by atoms with Crippen LogP contribution in [0.25, 0.3) is 221 Å². The Morgan fingerprint density at radius 1 is 0.245 bits per heavy atom. The van der Waals surface area contributed by atoms with Crippen LogP contribution in [0.4, 0.5) is 34.1 Å². The topological polar surface area (TPSA) is 52.5 Å². The van der Waals surface area contributed by atoms with Gasteiger partial charge in [0.15, 0.2) is 0 Å². The molecule has 0 saturated heterocycles. The normalized spacial score (nSPS) is 15.7. The summed E-state index contributed by atoms with van der Waals surface area (Å²) in [6.07, 6.45) is 0. The Morgan fingerprint density at radius 3 is 0.899 bits per heavy atom. The molecule has 139 heavy (non-hydrogen) atoms. The fourth-order valence-electron chi connectivity index (χ4n) is 21.5. The first-order chi connectivity index (χ1) is 81.1. The molecular weight excluding hydrogens is 1690 g/mol. The Hall–Kier alpha value is -17.9. The van der Waals surface area contributed by atoms with Gasteiger partial charge in [-0.1, -0.05) is 348 Å². The van der Waals surface area contributed by atoms with Crippen molar-refractivity contribution in [2.75, 3.05) is 9.80 Å². The van der Waals surface area contributed by atoms with Gasteiger partial charge in [0, 0.05) is 122 Å². The SMILES string of the molecule is [2H]c1c([2H])c([2H])c2c(c1[2H])c1c([2H])c(-n3c4c([2H])c([2H])c([2H])c([2H])c4c4c([2H])c([2H])c([2H])c([2H])c43)c([2H])c([2H])c1n2-c1ccc2c(c1)N(c1c(-c3ccccc3)cc(-c3ccc(-c4ccccc4)cc3)c3oc4ccccc4c13)c1cc(C(C)(C)C)cc3c1B2c1ccc(-n2c4c([2H])c([2H])c([2H])c([2H])c4c4c([2H])c(-n5c6c([2H])c([2H])c([2H])c([2H])c6c6c([2H])c([2H])c([2H])c([2H])c65)c([2H])c([2H])c42)cc1N3c1c(-c2ccccc2)cc(-c2ccc(-c3ccccc3)cc2)c2oc3ccccc3c12. The molecule has 2 aliphatic heterocycles. The molecule has 9 heteroatoms. The second-order valence-electron chi connectivity index (χ2n) is 36.2. The van der Waals surface area contributed by atoms with Gasteiger partial charge >= 0.3 is 0 Å². The molecule has 29 rings (SSSR count). The highest BCUT2D eigenvalue weighted by atomic mass is 16.3. The van der Waals surface area contributed by atoms with Gasteiger partial charge in [-0.3, -0.25) is 0 Å². The van der Waals surface area contributed by atoms with E-state index in [9.17, 15) is 35.6 Å². The number of nitrogens with zero attached hydrogens (tertiary/aromatic N) is 6. The summed E-state index contributed by atoms with van der Waals surface area (Å²) < 4.78 is 315. The smallest absolute Gasteiger partial charge is 0.252 e. The number of aromatic nitrogens is 4. The van der Waals surface area contributed by atoms with Gasteiger partial charge in [-0.25, -0.2) is 0 Å². The molecule has 650 valence electrons. The lowest BCUT2D eigenvalue weighted by molar-refractivity contribution is 0.590. The fraction of sp³-hybridized carbons (Fsp3) is 0.0308. The number of rotatable bonds is 12. The second kappa shape index (κ2) is 30.3. The van der Waals surface area contributed by atoms with E-state index in [4.69, 9.17) is 14.3 Å². The molecule has 0 atom stereocenters. The van der Waals surface area contributed by atoms with Crippen LogP contribution in [-0.2, 0) is 5.41 Å². The highest BCUT2D eigenvalue weighted by molar-refractivity contribution is 7.00. The quantitative estimate of drug-likeness (QED) is 0.114. The second-order valence-corrected chi connectivity index (χ2v) is 36.2. The summed E-state index contributed by atoms with van der Waals surface area (Å²) in [5.41, 5.74) is 10.9. The number of hydrogen-bond donors (Lipinski definition) is 0. The van der Waals surface area contributed by atoms with Crippen LogP contribution in [0.1, 0.15) is 67.5 Å². The van der Waals surface area contributed by atoms with E-state index in [2.05, 4.69) is 103 Å². The third kappa shape index (κ3) is 11.8. The van der Waals surface area contributed by atoms with Gasteiger partial charge in [0.25, 0.3) is 6.71 Å². The molecule has 0 amide bonds. The molecule has 21 aromatic carbocycles. The molecule has 0 radical (unpaired) electrons. The van der Waals surface area contributed by atoms with E-state index in [0.717, 1.165) is 42.5 Å². The maximum absolute atomic E-state index is 11.0. The first-order valence-corrected chi connectivity index (χ1v) is 45.7. The van der Waals surface area contributed by atoms with Gasteiger partial charge in [-0.2, -0.15) is 0 Å². The minimum Gasteiger partial charge on any atom is -0.455 e. The lowest BCUT2D eigenvalue weighted by Gasteiger charge is -2.46. The van der Waals surface area contributed by atoms with Crippen LogP contribution in [0.3, 0.4) is 0 Å². The van der Waals surface area contributed by atoms with Crippen LogP contribution in [-0.4, -0.2) is 25.0 Å². The van der Waals surface area contributed by atoms with Crippen molar-refractivity contribution >= 4 is 188 Å². The van der Waals surface area contributed by atoms with Gasteiger partial charge in [-0.15, -0.1) is 0 Å². The summed E-state index contributed by atoms with van der Waals surface area (Å²) in [6, 6.07) is 68.0. The molecule has 0 fully saturated rings. The number of furan rings is 2. The van der Waals surface area contributed by atoms with Crippen LogP contribution in [0.2, 0.25) is 0 Å². The van der Waals surface area contributed by atoms with Crippen LogP contribution in [0, 0.1) is 0 Å². The Bertz CT molecular complexity index is 11000. The van der Waals surface area contributed by atoms with Crippen molar-refractivity contribution in [3.05, 3.63) is 466 Å². The molecule has 8 nitrogen and oxygen atoms in total. The number of para-hydroxylation sites is 8. The molecule has 27 aromatic rings. The molecular formula is C130H85BN6O2. The molecule has 2 aliphatic rings. The molecule has 0 N–H and O–H groups in total. The van der Waals surface area contributed by atoms with Gasteiger partial charge in [0.2, 0.25) is 0 Å². The summed E-state index contributed by atoms with van der Waals surface area (Å²) in [6.45, 7) is 5.15. The highest BCUT2D eigenvalue weighted by Gasteiger charge is 2.47. The molecule has 0 spiro atoms. The number of anilines is 6. The van der Waals surface area contributed by atoms with Crippen molar-refractivity contribution < 1.29 is 50.0 Å². The van der Waals surface area contributed by atoms with Crippen molar-refractivity contribution in [3.63, 3.8) is 0 Å². The van der Waals surface area contributed by atoms with Crippen molar-refractivity contribution in [2.45, 2.75) is 26.2 Å². The van der Waals surface area contributed by atoms with Crippen LogP contribution < -0.4 is 26.2 Å². The number of benzene rings is 21. The van der Waals surface area contributed by atoms with E-state index in [1.165, 1.54) is 9.13 Å². The summed E-state index contributed by atoms with van der Waals surface area (Å²) in [5, 5.41) is -0.619. The van der Waals surface area contributed by atoms with Crippen molar-refractivity contribution in [1.29, 1.82) is 0 Å². The third-order valence-corrected chi connectivity index (χ3v) is 27.7. The summed E-state index contributed by atoms with van der Waals surface area (Å²) in [7, 11) is 0. The Labute approximate surface area is 844 Å². The van der Waals surface area contributed by atoms with Gasteiger partial charge < -0.3 is 36.9 Å². The molecule has 0 bridgehead atoms. The zero-order valence-electron chi connectivity index (χ0n) is 104. The monoisotopic (exact) mass is 1800 g/mol. The average Bonchev–Trinajstić information content (AvgIpc) is 1.60. The predicted octanol–water partition coefficient (Wildman–Crippen LogP) is 33.3. The Balaban J connectivity index is 0.793. The molecule has 6 aromatic heterocycles. The molecule has 0 aliphatic carbocycles. The van der Waals surface area contributed by atoms with Crippen molar-refractivity contribution in [3.8, 4) is 89.5 Å². The van der Waals surface area contributed by atoms with Gasteiger partial charge in [0.05, 0.1) is 107 Å². The lowest BCUT2D eigenvalue weighted by Crippen LogP contribution is -2.61. The lowest BCUT2D eigenvalue weighted by atomic mass is 9.33. The van der Waals surface area contributed by atoms with E-state index < -0.39 is 248 Å². The largest absolute Gasteiger partial charge is 0.455 e. The Morgan fingerprint density at radius 2 is 0.540 bits per heavy atom. The summed E-state index contributed by atoms with van der Waals surface area (Å²) >= 11 is 0. The number of hydrogen-bond acceptors (Lipinski definition) is 4.